The van der Waals surface area contributed by atoms with E-state index in [4.69, 9.17) is 25.7 Å². The van der Waals surface area contributed by atoms with Crippen molar-refractivity contribution >= 4 is 23.5 Å². The van der Waals surface area contributed by atoms with Gasteiger partial charge in [-0.15, -0.1) is 0 Å². The molecule has 2 aromatic carbocycles. The largest absolute Gasteiger partial charge is 0.504 e. The van der Waals surface area contributed by atoms with E-state index in [2.05, 4.69) is 9.98 Å². The number of carbonyl (C=O) groups excluding carboxylic acids is 1. The Morgan fingerprint density at radius 2 is 1.85 bits per heavy atom. The SMILES string of the molecule is CN(CC(=O)O)C(=O)c1c(F)c(Oc2cccc(C3=NCCN3C)c2)nc(Oc2cc(C(=N)N)ccc2O)c1F. The fraction of sp³-hybridized carbons (Fsp3) is 0.192. The number of halogens is 2. The lowest BCUT2D eigenvalue weighted by Crippen LogP contribution is -2.33. The van der Waals surface area contributed by atoms with Gasteiger partial charge in [-0.3, -0.25) is 20.0 Å². The lowest BCUT2D eigenvalue weighted by Gasteiger charge is -2.18. The molecular formula is C26H24F2N6O6. The summed E-state index contributed by atoms with van der Waals surface area (Å²) in [6.45, 7) is 0.451. The molecule has 1 aliphatic heterocycles. The van der Waals surface area contributed by atoms with E-state index >= 15 is 8.78 Å². The van der Waals surface area contributed by atoms with E-state index < -0.39 is 58.9 Å². The van der Waals surface area contributed by atoms with Crippen LogP contribution in [0.2, 0.25) is 0 Å². The number of hydrogen-bond donors (Lipinski definition) is 4. The molecule has 1 amide bonds. The van der Waals surface area contributed by atoms with Gasteiger partial charge in [0.1, 0.15) is 29.5 Å². The number of nitrogens with zero attached hydrogens (tertiary/aromatic N) is 4. The van der Waals surface area contributed by atoms with E-state index in [1.165, 1.54) is 12.1 Å². The number of carboxylic acid groups (broad SMARTS) is 1. The fourth-order valence-corrected chi connectivity index (χ4v) is 3.81. The summed E-state index contributed by atoms with van der Waals surface area (Å²) in [5, 5.41) is 26.8. The maximum Gasteiger partial charge on any atom is 0.323 e. The molecule has 0 atom stereocenters. The molecule has 3 aromatic rings. The molecule has 40 heavy (non-hydrogen) atoms. The standard InChI is InChI=1S/C26H24F2N6O6/c1-33-9-8-31-23(33)14-4-3-5-15(10-14)39-24-20(27)19(26(38)34(2)12-18(36)37)21(28)25(32-24)40-17-11-13(22(29)30)6-7-16(17)35/h3-7,10-11,35H,8-9,12H2,1-2H3,(H3,29,30)(H,36,37). The summed E-state index contributed by atoms with van der Waals surface area (Å²) in [7, 11) is 2.90. The molecule has 0 radical (unpaired) electrons. The maximum absolute atomic E-state index is 15.6. The Labute approximate surface area is 226 Å². The molecule has 0 saturated carbocycles. The first-order valence-corrected chi connectivity index (χ1v) is 11.7. The van der Waals surface area contributed by atoms with Gasteiger partial charge in [0.05, 0.1) is 6.54 Å². The van der Waals surface area contributed by atoms with Crippen molar-refractivity contribution < 1.29 is 38.1 Å². The molecule has 0 bridgehead atoms. The number of aromatic hydroxyl groups is 1. The third kappa shape index (κ3) is 5.75. The molecule has 2 heterocycles. The predicted molar refractivity (Wildman–Crippen MR) is 138 cm³/mol. The highest BCUT2D eigenvalue weighted by atomic mass is 19.1. The minimum absolute atomic E-state index is 0.0724. The molecule has 4 rings (SSSR count). The number of nitrogens with one attached hydrogen (secondary N) is 1. The molecular weight excluding hydrogens is 530 g/mol. The van der Waals surface area contributed by atoms with Crippen LogP contribution in [0, 0.1) is 17.0 Å². The number of hydrogen-bond acceptors (Lipinski definition) is 9. The van der Waals surface area contributed by atoms with Crippen LogP contribution in [0.25, 0.3) is 0 Å². The molecule has 208 valence electrons. The zero-order valence-electron chi connectivity index (χ0n) is 21.3. The Morgan fingerprint density at radius 1 is 1.15 bits per heavy atom. The first-order valence-electron chi connectivity index (χ1n) is 11.7. The van der Waals surface area contributed by atoms with Gasteiger partial charge in [-0.25, -0.2) is 0 Å². The molecule has 14 heteroatoms. The molecule has 0 aliphatic carbocycles. The van der Waals surface area contributed by atoms with Crippen LogP contribution in [0.5, 0.6) is 29.0 Å². The number of phenolic OH excluding ortho intramolecular Hbond substituents is 1. The van der Waals surface area contributed by atoms with Crippen molar-refractivity contribution in [3.63, 3.8) is 0 Å². The molecule has 1 aliphatic rings. The molecule has 1 aromatic heterocycles. The monoisotopic (exact) mass is 554 g/mol. The van der Waals surface area contributed by atoms with Crippen LogP contribution in [0.3, 0.4) is 0 Å². The second-order valence-electron chi connectivity index (χ2n) is 8.74. The Morgan fingerprint density at radius 3 is 2.48 bits per heavy atom. The number of amides is 1. The number of likely N-dealkylation sites (N-methyl/N-ethyl adjacent to an activating group) is 2. The Balaban J connectivity index is 1.80. The summed E-state index contributed by atoms with van der Waals surface area (Å²) < 4.78 is 42.1. The van der Waals surface area contributed by atoms with Gasteiger partial charge >= 0.3 is 5.97 Å². The molecule has 5 N–H and O–H groups in total. The Hall–Kier alpha value is -5.27. The number of nitrogen functional groups attached to an aromatic ring is 1. The highest BCUT2D eigenvalue weighted by Crippen LogP contribution is 2.37. The van der Waals surface area contributed by atoms with Crippen LogP contribution in [-0.2, 0) is 4.79 Å². The summed E-state index contributed by atoms with van der Waals surface area (Å²) in [5.41, 5.74) is 5.04. The highest BCUT2D eigenvalue weighted by Gasteiger charge is 2.31. The summed E-state index contributed by atoms with van der Waals surface area (Å²) in [5.74, 6) is -8.18. The third-order valence-corrected chi connectivity index (χ3v) is 5.79. The van der Waals surface area contributed by atoms with E-state index in [-0.39, 0.29) is 17.1 Å². The number of benzene rings is 2. The number of amidine groups is 2. The Kier molecular flexibility index (Phi) is 7.79. The average Bonchev–Trinajstić information content (AvgIpc) is 3.33. The molecule has 0 saturated heterocycles. The van der Waals surface area contributed by atoms with Crippen LogP contribution in [-0.4, -0.2) is 82.3 Å². The zero-order chi connectivity index (χ0) is 29.1. The predicted octanol–water partition coefficient (Wildman–Crippen LogP) is 2.78. The van der Waals surface area contributed by atoms with E-state index in [9.17, 15) is 14.7 Å². The van der Waals surface area contributed by atoms with Crippen molar-refractivity contribution in [3.8, 4) is 29.0 Å². The number of aliphatic imine (C=N–C) groups is 1. The zero-order valence-corrected chi connectivity index (χ0v) is 21.3. The number of carbonyl (C=O) groups is 2. The van der Waals surface area contributed by atoms with Crippen LogP contribution >= 0.6 is 0 Å². The van der Waals surface area contributed by atoms with Crippen molar-refractivity contribution in [3.05, 3.63) is 70.8 Å². The minimum atomic E-state index is -1.57. The quantitative estimate of drug-likeness (QED) is 0.229. The third-order valence-electron chi connectivity index (χ3n) is 5.79. The van der Waals surface area contributed by atoms with Gasteiger partial charge in [0.15, 0.2) is 11.5 Å². The van der Waals surface area contributed by atoms with Crippen molar-refractivity contribution in [1.82, 2.24) is 14.8 Å². The van der Waals surface area contributed by atoms with E-state index in [1.807, 2.05) is 11.9 Å². The minimum Gasteiger partial charge on any atom is -0.504 e. The molecule has 12 nitrogen and oxygen atoms in total. The van der Waals surface area contributed by atoms with E-state index in [0.717, 1.165) is 19.2 Å². The summed E-state index contributed by atoms with van der Waals surface area (Å²) in [6, 6.07) is 9.96. The summed E-state index contributed by atoms with van der Waals surface area (Å²) in [4.78, 5) is 34.7. The van der Waals surface area contributed by atoms with Gasteiger partial charge in [0.2, 0.25) is 11.6 Å². The number of nitrogens with two attached hydrogens (primary N) is 1. The van der Waals surface area contributed by atoms with Gasteiger partial charge in [-0.2, -0.15) is 13.8 Å². The maximum atomic E-state index is 15.6. The van der Waals surface area contributed by atoms with Crippen LogP contribution in [0.15, 0.2) is 47.5 Å². The summed E-state index contributed by atoms with van der Waals surface area (Å²) in [6.07, 6.45) is 0. The van der Waals surface area contributed by atoms with Crippen LogP contribution < -0.4 is 15.2 Å². The topological polar surface area (TPSA) is 175 Å². The normalized spacial score (nSPS) is 12.6. The average molecular weight is 555 g/mol. The Bertz CT molecular complexity index is 1550. The van der Waals surface area contributed by atoms with Crippen LogP contribution in [0.1, 0.15) is 21.5 Å². The van der Waals surface area contributed by atoms with Gasteiger partial charge in [0.25, 0.3) is 17.7 Å². The van der Waals surface area contributed by atoms with E-state index in [0.29, 0.717) is 29.4 Å². The first kappa shape index (κ1) is 27.8. The molecule has 0 unspecified atom stereocenters. The number of aliphatic carboxylic acids is 1. The number of ether oxygens (including phenoxy) is 2. The van der Waals surface area contributed by atoms with Gasteiger partial charge in [0, 0.05) is 31.8 Å². The van der Waals surface area contributed by atoms with Crippen molar-refractivity contribution in [2.75, 3.05) is 33.7 Å². The molecule has 0 spiro atoms. The number of pyridine rings is 1. The number of carboxylic acids is 1. The first-order chi connectivity index (χ1) is 19.0. The van der Waals surface area contributed by atoms with Gasteiger partial charge < -0.3 is 35.2 Å². The van der Waals surface area contributed by atoms with Crippen molar-refractivity contribution in [2.45, 2.75) is 0 Å². The lowest BCUT2D eigenvalue weighted by molar-refractivity contribution is -0.137. The lowest BCUT2D eigenvalue weighted by atomic mass is 10.1. The van der Waals surface area contributed by atoms with Crippen molar-refractivity contribution in [1.29, 1.82) is 5.41 Å². The highest BCUT2D eigenvalue weighted by molar-refractivity contribution is 6.00. The number of rotatable bonds is 9. The molecule has 0 fully saturated rings. The number of aromatic nitrogens is 1. The second-order valence-corrected chi connectivity index (χ2v) is 8.74. The number of phenols is 1. The van der Waals surface area contributed by atoms with Gasteiger partial charge in [-0.05, 0) is 30.3 Å². The van der Waals surface area contributed by atoms with Gasteiger partial charge in [-0.1, -0.05) is 12.1 Å². The fourth-order valence-electron chi connectivity index (χ4n) is 3.81. The second kappa shape index (κ2) is 11.2. The van der Waals surface area contributed by atoms with E-state index in [1.54, 1.807) is 18.2 Å². The van der Waals surface area contributed by atoms with Crippen molar-refractivity contribution in [2.24, 2.45) is 10.7 Å². The smallest absolute Gasteiger partial charge is 0.323 e. The van der Waals surface area contributed by atoms with Crippen LogP contribution in [0.4, 0.5) is 8.78 Å². The summed E-state index contributed by atoms with van der Waals surface area (Å²) >= 11 is 0.